The van der Waals surface area contributed by atoms with Gasteiger partial charge in [0.2, 0.25) is 0 Å². The average Bonchev–Trinajstić information content (AvgIpc) is 3.20. The van der Waals surface area contributed by atoms with E-state index in [1.165, 1.54) is 0 Å². The fourth-order valence-electron chi connectivity index (χ4n) is 2.81. The van der Waals surface area contributed by atoms with E-state index in [9.17, 15) is 9.59 Å². The van der Waals surface area contributed by atoms with Crippen molar-refractivity contribution in [2.45, 2.75) is 12.1 Å². The molecule has 0 aliphatic rings. The molecule has 7 heteroatoms. The van der Waals surface area contributed by atoms with E-state index in [1.807, 2.05) is 30.3 Å². The first-order chi connectivity index (χ1) is 13.1. The number of hydrogen-bond acceptors (Lipinski definition) is 5. The molecule has 1 aromatic carbocycles. The number of ether oxygens (including phenoxy) is 1. The molecule has 1 atom stereocenters. The van der Waals surface area contributed by atoms with Crippen LogP contribution in [-0.4, -0.2) is 31.6 Å². The lowest BCUT2D eigenvalue weighted by Gasteiger charge is -2.34. The van der Waals surface area contributed by atoms with Crippen molar-refractivity contribution in [3.05, 3.63) is 96.9 Å². The van der Waals surface area contributed by atoms with Crippen LogP contribution in [0.2, 0.25) is 0 Å². The van der Waals surface area contributed by atoms with Gasteiger partial charge in [0.05, 0.1) is 12.9 Å². The second-order valence-electron chi connectivity index (χ2n) is 5.76. The molecule has 1 N–H and O–H groups in total. The van der Waals surface area contributed by atoms with Crippen LogP contribution in [0, 0.1) is 0 Å². The van der Waals surface area contributed by atoms with Crippen LogP contribution >= 0.6 is 0 Å². The number of carboxylic acids is 1. The Bertz CT molecular complexity index is 883. The summed E-state index contributed by atoms with van der Waals surface area (Å²) in [6.45, 7) is 0.258. The Labute approximate surface area is 155 Å². The van der Waals surface area contributed by atoms with Crippen molar-refractivity contribution in [3.63, 3.8) is 0 Å². The summed E-state index contributed by atoms with van der Waals surface area (Å²) in [6.07, 6.45) is 9.90. The number of rotatable bonds is 7. The van der Waals surface area contributed by atoms with Crippen molar-refractivity contribution in [1.29, 1.82) is 0 Å². The van der Waals surface area contributed by atoms with Gasteiger partial charge in [0, 0.05) is 48.1 Å². The number of imidazole rings is 1. The predicted molar refractivity (Wildman–Crippen MR) is 96.6 cm³/mol. The van der Waals surface area contributed by atoms with Gasteiger partial charge in [-0.15, -0.1) is 0 Å². The van der Waals surface area contributed by atoms with Crippen molar-refractivity contribution in [1.82, 2.24) is 14.5 Å². The highest BCUT2D eigenvalue weighted by molar-refractivity contribution is 5.91. The molecule has 0 saturated heterocycles. The fraction of sp³-hybridized carbons (Fsp3) is 0.100. The van der Waals surface area contributed by atoms with Crippen molar-refractivity contribution in [2.75, 3.05) is 0 Å². The first-order valence-electron chi connectivity index (χ1n) is 8.16. The van der Waals surface area contributed by atoms with Crippen molar-refractivity contribution >= 4 is 11.9 Å². The molecule has 0 fully saturated rings. The number of nitrogens with zero attached hydrogens (tertiary/aromatic N) is 3. The van der Waals surface area contributed by atoms with Crippen LogP contribution in [0.25, 0.3) is 0 Å². The van der Waals surface area contributed by atoms with Crippen LogP contribution in [-0.2, 0) is 26.5 Å². The molecular weight excluding hydrogens is 346 g/mol. The van der Waals surface area contributed by atoms with E-state index < -0.39 is 17.5 Å². The quantitative estimate of drug-likeness (QED) is 0.512. The van der Waals surface area contributed by atoms with E-state index in [1.54, 1.807) is 47.8 Å². The number of carboxylic acid groups (broad SMARTS) is 1. The highest BCUT2D eigenvalue weighted by Crippen LogP contribution is 2.35. The number of pyridine rings is 1. The van der Waals surface area contributed by atoms with Gasteiger partial charge in [-0.1, -0.05) is 30.3 Å². The molecule has 0 radical (unpaired) electrons. The Balaban J connectivity index is 2.12. The largest absolute Gasteiger partial charge is 0.478 e. The Morgan fingerprint density at radius 1 is 1.00 bits per heavy atom. The van der Waals surface area contributed by atoms with Crippen LogP contribution in [0.3, 0.4) is 0 Å². The number of carbonyl (C=O) groups is 2. The minimum absolute atomic E-state index is 0.258. The minimum Gasteiger partial charge on any atom is -0.478 e. The van der Waals surface area contributed by atoms with Gasteiger partial charge in [-0.2, -0.15) is 0 Å². The molecule has 27 heavy (non-hydrogen) atoms. The van der Waals surface area contributed by atoms with Crippen molar-refractivity contribution in [2.24, 2.45) is 0 Å². The van der Waals surface area contributed by atoms with Gasteiger partial charge in [-0.25, -0.2) is 14.6 Å². The van der Waals surface area contributed by atoms with E-state index >= 15 is 0 Å². The van der Waals surface area contributed by atoms with E-state index in [2.05, 4.69) is 9.97 Å². The summed E-state index contributed by atoms with van der Waals surface area (Å²) in [5.74, 6) is -1.99. The van der Waals surface area contributed by atoms with Crippen molar-refractivity contribution < 1.29 is 19.4 Å². The van der Waals surface area contributed by atoms with Crippen LogP contribution in [0.1, 0.15) is 11.1 Å². The molecule has 1 unspecified atom stereocenters. The molecule has 2 aromatic heterocycles. The zero-order chi connectivity index (χ0) is 19.1. The fourth-order valence-corrected chi connectivity index (χ4v) is 2.81. The Morgan fingerprint density at radius 3 is 2.33 bits per heavy atom. The van der Waals surface area contributed by atoms with Gasteiger partial charge in [0.25, 0.3) is 0 Å². The maximum absolute atomic E-state index is 12.4. The third-order valence-electron chi connectivity index (χ3n) is 3.99. The van der Waals surface area contributed by atoms with Gasteiger partial charge in [0.15, 0.2) is 5.60 Å². The molecule has 0 aliphatic carbocycles. The number of hydrogen-bond donors (Lipinski definition) is 1. The number of benzene rings is 1. The lowest BCUT2D eigenvalue weighted by molar-refractivity contribution is -0.152. The summed E-state index contributed by atoms with van der Waals surface area (Å²) in [6, 6.07) is 12.8. The highest BCUT2D eigenvalue weighted by Gasteiger charge is 2.38. The Kier molecular flexibility index (Phi) is 5.41. The maximum Gasteiger partial charge on any atom is 0.332 e. The summed E-state index contributed by atoms with van der Waals surface area (Å²) in [5.41, 5.74) is 0.252. The van der Waals surface area contributed by atoms with Gasteiger partial charge in [-0.3, -0.25) is 4.98 Å². The van der Waals surface area contributed by atoms with Crippen molar-refractivity contribution in [3.8, 4) is 0 Å². The molecule has 136 valence electrons. The minimum atomic E-state index is -1.23. The molecule has 3 rings (SSSR count). The Hall–Kier alpha value is -3.74. The van der Waals surface area contributed by atoms with Gasteiger partial charge >= 0.3 is 11.9 Å². The topological polar surface area (TPSA) is 94.3 Å². The summed E-state index contributed by atoms with van der Waals surface area (Å²) in [7, 11) is 0. The molecule has 0 bridgehead atoms. The van der Waals surface area contributed by atoms with Crippen LogP contribution in [0.15, 0.2) is 85.7 Å². The summed E-state index contributed by atoms with van der Waals surface area (Å²) in [5, 5.41) is 8.79. The van der Waals surface area contributed by atoms with E-state index in [4.69, 9.17) is 9.84 Å². The average molecular weight is 363 g/mol. The normalized spacial score (nSPS) is 13.2. The molecule has 2 heterocycles. The number of aliphatic carboxylic acids is 1. The lowest BCUT2D eigenvalue weighted by Crippen LogP contribution is -2.37. The zero-order valence-corrected chi connectivity index (χ0v) is 14.3. The number of esters is 1. The van der Waals surface area contributed by atoms with E-state index in [-0.39, 0.29) is 6.54 Å². The molecule has 0 amide bonds. The number of aromatic nitrogens is 3. The smallest absolute Gasteiger partial charge is 0.332 e. The standard InChI is InChI=1S/C20H17N3O4/c24-18(25)6-7-19(26)27-20(14-23-13-12-22-15-23,16-4-2-1-3-5-16)17-8-10-21-11-9-17/h1-13,15H,14H2,(H,24,25)/b7-6+. The molecule has 3 aromatic rings. The number of carbonyl (C=O) groups excluding carboxylic acids is 1. The molecule has 0 aliphatic heterocycles. The van der Waals surface area contributed by atoms with Gasteiger partial charge in [-0.05, 0) is 12.1 Å². The van der Waals surface area contributed by atoms with Crippen LogP contribution in [0.5, 0.6) is 0 Å². The predicted octanol–water partition coefficient (Wildman–Crippen LogP) is 2.41. The SMILES string of the molecule is O=C(O)/C=C/C(=O)OC(Cn1ccnc1)(c1ccccc1)c1ccncc1. The zero-order valence-electron chi connectivity index (χ0n) is 14.3. The summed E-state index contributed by atoms with van der Waals surface area (Å²) < 4.78 is 7.66. The second kappa shape index (κ2) is 8.09. The first kappa shape index (κ1) is 18.1. The Morgan fingerprint density at radius 2 is 1.70 bits per heavy atom. The second-order valence-corrected chi connectivity index (χ2v) is 5.76. The summed E-state index contributed by atoms with van der Waals surface area (Å²) in [4.78, 5) is 31.3. The third kappa shape index (κ3) is 4.27. The molecule has 0 saturated carbocycles. The molecule has 7 nitrogen and oxygen atoms in total. The van der Waals surface area contributed by atoms with E-state index in [0.717, 1.165) is 17.7 Å². The lowest BCUT2D eigenvalue weighted by atomic mass is 9.86. The van der Waals surface area contributed by atoms with Gasteiger partial charge in [0.1, 0.15) is 0 Å². The first-order valence-corrected chi connectivity index (χ1v) is 8.16. The monoisotopic (exact) mass is 363 g/mol. The molecule has 0 spiro atoms. The maximum atomic E-state index is 12.4. The summed E-state index contributed by atoms with van der Waals surface area (Å²) >= 11 is 0. The van der Waals surface area contributed by atoms with Gasteiger partial charge < -0.3 is 14.4 Å². The van der Waals surface area contributed by atoms with Crippen LogP contribution in [0.4, 0.5) is 0 Å². The van der Waals surface area contributed by atoms with Crippen LogP contribution < -0.4 is 0 Å². The molecular formula is C20H17N3O4. The third-order valence-corrected chi connectivity index (χ3v) is 3.99. The highest BCUT2D eigenvalue weighted by atomic mass is 16.6. The van der Waals surface area contributed by atoms with E-state index in [0.29, 0.717) is 5.56 Å².